The number of nitrogens with zero attached hydrogens (tertiary/aromatic N) is 1. The van der Waals surface area contributed by atoms with Crippen molar-refractivity contribution in [2.75, 3.05) is 13.7 Å². The normalized spacial score (nSPS) is 16.0. The second-order valence-electron chi connectivity index (χ2n) is 7.43. The highest BCUT2D eigenvalue weighted by Gasteiger charge is 2.27. The van der Waals surface area contributed by atoms with Crippen LogP contribution in [0.5, 0.6) is 5.75 Å². The summed E-state index contributed by atoms with van der Waals surface area (Å²) in [6.07, 6.45) is 1.40. The molecule has 1 aromatic heterocycles. The summed E-state index contributed by atoms with van der Waals surface area (Å²) in [5.74, 6) is 0.403. The average Bonchev–Trinajstić information content (AvgIpc) is 2.72. The van der Waals surface area contributed by atoms with Crippen molar-refractivity contribution < 1.29 is 13.9 Å². The fraction of sp³-hybridized carbons (Fsp3) is 0.304. The van der Waals surface area contributed by atoms with E-state index in [2.05, 4.69) is 11.1 Å². The highest BCUT2D eigenvalue weighted by molar-refractivity contribution is 5.80. The molecule has 6 heteroatoms. The maximum absolute atomic E-state index is 13.3. The van der Waals surface area contributed by atoms with Crippen molar-refractivity contribution in [2.24, 2.45) is 0 Å². The molecule has 1 unspecified atom stereocenters. The van der Waals surface area contributed by atoms with Crippen molar-refractivity contribution in [3.63, 3.8) is 0 Å². The summed E-state index contributed by atoms with van der Waals surface area (Å²) < 4.78 is 18.7. The van der Waals surface area contributed by atoms with Gasteiger partial charge >= 0.3 is 0 Å². The lowest BCUT2D eigenvalue weighted by molar-refractivity contribution is -0.133. The van der Waals surface area contributed by atoms with E-state index in [-0.39, 0.29) is 23.9 Å². The lowest BCUT2D eigenvalue weighted by Gasteiger charge is -2.35. The van der Waals surface area contributed by atoms with Gasteiger partial charge in [0, 0.05) is 18.5 Å². The van der Waals surface area contributed by atoms with Gasteiger partial charge in [-0.3, -0.25) is 9.59 Å². The molecule has 1 amide bonds. The van der Waals surface area contributed by atoms with Crippen molar-refractivity contribution in [2.45, 2.75) is 32.2 Å². The molecule has 1 aliphatic heterocycles. The molecule has 0 bridgehead atoms. The molecule has 5 nitrogen and oxygen atoms in total. The highest BCUT2D eigenvalue weighted by atomic mass is 19.1. The van der Waals surface area contributed by atoms with Gasteiger partial charge in [-0.2, -0.15) is 0 Å². The van der Waals surface area contributed by atoms with E-state index in [1.54, 1.807) is 19.2 Å². The fourth-order valence-corrected chi connectivity index (χ4v) is 4.05. The lowest BCUT2D eigenvalue weighted by atomic mass is 9.93. The largest absolute Gasteiger partial charge is 0.497 e. The van der Waals surface area contributed by atoms with Crippen LogP contribution < -0.4 is 10.3 Å². The molecule has 0 aliphatic carbocycles. The molecule has 0 spiro atoms. The smallest absolute Gasteiger partial charge is 0.251 e. The molecule has 1 N–H and O–H groups in total. The molecule has 2 heterocycles. The van der Waals surface area contributed by atoms with Gasteiger partial charge in [-0.25, -0.2) is 4.39 Å². The van der Waals surface area contributed by atoms with Gasteiger partial charge < -0.3 is 14.6 Å². The van der Waals surface area contributed by atoms with Gasteiger partial charge in [0.05, 0.1) is 18.7 Å². The Balaban J connectivity index is 1.50. The number of carbonyl (C=O) groups is 1. The molecule has 0 saturated carbocycles. The van der Waals surface area contributed by atoms with Crippen LogP contribution in [0.25, 0.3) is 10.9 Å². The van der Waals surface area contributed by atoms with Crippen LogP contribution in [0.3, 0.4) is 0 Å². The Morgan fingerprint density at radius 2 is 2.07 bits per heavy atom. The quantitative estimate of drug-likeness (QED) is 0.733. The van der Waals surface area contributed by atoms with Crippen LogP contribution in [0.4, 0.5) is 4.39 Å². The number of aromatic nitrogens is 1. The van der Waals surface area contributed by atoms with Gasteiger partial charge in [0.2, 0.25) is 5.91 Å². The summed E-state index contributed by atoms with van der Waals surface area (Å²) in [6.45, 7) is 2.68. The second-order valence-corrected chi connectivity index (χ2v) is 7.43. The maximum atomic E-state index is 13.3. The number of fused-ring (bicyclic) bond motifs is 2. The number of hydrogen-bond donors (Lipinski definition) is 1. The zero-order valence-corrected chi connectivity index (χ0v) is 16.5. The SMILES string of the molecule is COc1ccc2c(c1)C(C)N(C(=O)CCc1cc3ccc(F)cc3[nH]c1=O)CC2. The van der Waals surface area contributed by atoms with Crippen molar-refractivity contribution in [3.8, 4) is 5.75 Å². The number of nitrogens with one attached hydrogen (secondary N) is 1. The van der Waals surface area contributed by atoms with Crippen LogP contribution in [-0.2, 0) is 17.6 Å². The molecule has 29 heavy (non-hydrogen) atoms. The Hall–Kier alpha value is -3.15. The number of ether oxygens (including phenoxy) is 1. The molecular formula is C23H23FN2O3. The van der Waals surface area contributed by atoms with Crippen molar-refractivity contribution >= 4 is 16.8 Å². The number of halogens is 1. The number of aryl methyl sites for hydroxylation is 1. The number of methoxy groups -OCH3 is 1. The number of H-pyrrole nitrogens is 1. The first-order valence-electron chi connectivity index (χ1n) is 9.74. The number of amides is 1. The number of hydrogen-bond acceptors (Lipinski definition) is 3. The van der Waals surface area contributed by atoms with Crippen molar-refractivity contribution in [1.82, 2.24) is 9.88 Å². The lowest BCUT2D eigenvalue weighted by Crippen LogP contribution is -2.39. The molecule has 1 aliphatic rings. The van der Waals surface area contributed by atoms with Crippen LogP contribution >= 0.6 is 0 Å². The summed E-state index contributed by atoms with van der Waals surface area (Å²) in [7, 11) is 1.63. The third-order valence-electron chi connectivity index (χ3n) is 5.71. The van der Waals surface area contributed by atoms with Crippen LogP contribution in [0.15, 0.2) is 47.3 Å². The minimum atomic E-state index is -0.396. The summed E-state index contributed by atoms with van der Waals surface area (Å²) in [4.78, 5) is 29.8. The zero-order valence-electron chi connectivity index (χ0n) is 16.5. The van der Waals surface area contributed by atoms with E-state index in [4.69, 9.17) is 4.74 Å². The first-order valence-corrected chi connectivity index (χ1v) is 9.74. The van der Waals surface area contributed by atoms with E-state index in [0.717, 1.165) is 23.1 Å². The fourth-order valence-electron chi connectivity index (χ4n) is 4.05. The highest BCUT2D eigenvalue weighted by Crippen LogP contribution is 2.32. The Morgan fingerprint density at radius 1 is 1.24 bits per heavy atom. The summed E-state index contributed by atoms with van der Waals surface area (Å²) in [5.41, 5.74) is 3.05. The first kappa shape index (κ1) is 19.2. The third-order valence-corrected chi connectivity index (χ3v) is 5.71. The number of carbonyl (C=O) groups excluding carboxylic acids is 1. The zero-order chi connectivity index (χ0) is 20.5. The Morgan fingerprint density at radius 3 is 2.86 bits per heavy atom. The monoisotopic (exact) mass is 394 g/mol. The average molecular weight is 394 g/mol. The van der Waals surface area contributed by atoms with Gasteiger partial charge in [0.25, 0.3) is 5.56 Å². The molecule has 3 aromatic rings. The third kappa shape index (κ3) is 3.75. The minimum absolute atomic E-state index is 0.0181. The Kier molecular flexibility index (Phi) is 5.09. The van der Waals surface area contributed by atoms with Crippen LogP contribution in [0, 0.1) is 5.82 Å². The van der Waals surface area contributed by atoms with Gasteiger partial charge in [-0.15, -0.1) is 0 Å². The van der Waals surface area contributed by atoms with Crippen molar-refractivity contribution in [3.05, 3.63) is 75.3 Å². The van der Waals surface area contributed by atoms with E-state index in [1.807, 2.05) is 24.0 Å². The predicted octanol–water partition coefficient (Wildman–Crippen LogP) is 3.75. The van der Waals surface area contributed by atoms with Crippen LogP contribution in [0.1, 0.15) is 36.1 Å². The van der Waals surface area contributed by atoms with Gasteiger partial charge in [-0.05, 0) is 72.7 Å². The number of pyridine rings is 1. The van der Waals surface area contributed by atoms with E-state index in [0.29, 0.717) is 24.0 Å². The van der Waals surface area contributed by atoms with E-state index < -0.39 is 5.82 Å². The first-order chi connectivity index (χ1) is 14.0. The maximum Gasteiger partial charge on any atom is 0.251 e. The molecular weight excluding hydrogens is 371 g/mol. The van der Waals surface area contributed by atoms with Crippen LogP contribution in [0.2, 0.25) is 0 Å². The Bertz CT molecular complexity index is 1140. The van der Waals surface area contributed by atoms with Gasteiger partial charge in [0.1, 0.15) is 11.6 Å². The number of aromatic amines is 1. The molecule has 0 radical (unpaired) electrons. The standard InChI is InChI=1S/C23H23FN2O3/c1-14-20-13-19(29-2)7-4-15(20)9-10-26(14)22(27)8-5-17-11-16-3-6-18(24)12-21(16)25-23(17)28/h3-4,6-7,11-14H,5,8-10H2,1-2H3,(H,25,28). The molecule has 0 fully saturated rings. The predicted molar refractivity (Wildman–Crippen MR) is 110 cm³/mol. The Labute approximate surface area is 168 Å². The summed E-state index contributed by atoms with van der Waals surface area (Å²) in [5, 5.41) is 0.751. The topological polar surface area (TPSA) is 62.4 Å². The van der Waals surface area contributed by atoms with Gasteiger partial charge in [-0.1, -0.05) is 6.07 Å². The van der Waals surface area contributed by atoms with Crippen molar-refractivity contribution in [1.29, 1.82) is 0 Å². The molecule has 0 saturated heterocycles. The summed E-state index contributed by atoms with van der Waals surface area (Å²) >= 11 is 0. The minimum Gasteiger partial charge on any atom is -0.497 e. The van der Waals surface area contributed by atoms with Crippen LogP contribution in [-0.4, -0.2) is 29.4 Å². The van der Waals surface area contributed by atoms with E-state index >= 15 is 0 Å². The van der Waals surface area contributed by atoms with E-state index in [9.17, 15) is 14.0 Å². The second kappa shape index (κ2) is 7.70. The number of rotatable bonds is 4. The summed E-state index contributed by atoms with van der Waals surface area (Å²) in [6, 6.07) is 12.0. The number of benzene rings is 2. The van der Waals surface area contributed by atoms with E-state index in [1.165, 1.54) is 17.7 Å². The van der Waals surface area contributed by atoms with Gasteiger partial charge in [0.15, 0.2) is 0 Å². The molecule has 1 atom stereocenters. The molecule has 150 valence electrons. The molecule has 4 rings (SSSR count). The molecule has 2 aromatic carbocycles.